The number of aromatic nitrogens is 2. The van der Waals surface area contributed by atoms with E-state index in [4.69, 9.17) is 4.98 Å². The third-order valence-corrected chi connectivity index (χ3v) is 9.34. The second-order valence-electron chi connectivity index (χ2n) is 10.6. The Bertz CT molecular complexity index is 1620. The molecule has 35 heavy (non-hydrogen) atoms. The monoisotopic (exact) mass is 521 g/mol. The lowest BCUT2D eigenvalue weighted by molar-refractivity contribution is 0.195. The molecule has 5 aromatic rings. The molecule has 0 radical (unpaired) electrons. The summed E-state index contributed by atoms with van der Waals surface area (Å²) in [5.41, 5.74) is 6.38. The van der Waals surface area contributed by atoms with E-state index in [-0.39, 0.29) is 11.0 Å². The highest BCUT2D eigenvalue weighted by Gasteiger charge is 2.58. The van der Waals surface area contributed by atoms with E-state index in [0.717, 1.165) is 10.3 Å². The van der Waals surface area contributed by atoms with Gasteiger partial charge in [0, 0.05) is 43.8 Å². The predicted molar refractivity (Wildman–Crippen MR) is 149 cm³/mol. The molecule has 0 saturated heterocycles. The summed E-state index contributed by atoms with van der Waals surface area (Å²) >= 11 is 3.66. The zero-order valence-electron chi connectivity index (χ0n) is 20.1. The van der Waals surface area contributed by atoms with Crippen molar-refractivity contribution in [3.05, 3.63) is 95.1 Å². The molecule has 3 nitrogen and oxygen atoms in total. The highest BCUT2D eigenvalue weighted by atomic mass is 79.9. The Labute approximate surface area is 214 Å². The summed E-state index contributed by atoms with van der Waals surface area (Å²) in [5.74, 6) is 1.13. The van der Waals surface area contributed by atoms with Crippen molar-refractivity contribution in [1.82, 2.24) is 9.55 Å². The molecule has 2 aliphatic rings. The van der Waals surface area contributed by atoms with Gasteiger partial charge in [-0.05, 0) is 68.3 Å². The van der Waals surface area contributed by atoms with E-state index in [1.807, 2.05) is 6.20 Å². The fraction of sp³-hybridized carbons (Fsp3) is 0.258. The van der Waals surface area contributed by atoms with Gasteiger partial charge in [-0.25, -0.2) is 4.98 Å². The van der Waals surface area contributed by atoms with Crippen LogP contribution in [-0.4, -0.2) is 15.1 Å². The number of rotatable bonds is 2. The zero-order valence-corrected chi connectivity index (χ0v) is 21.7. The van der Waals surface area contributed by atoms with Crippen LogP contribution in [0.25, 0.3) is 27.5 Å². The minimum absolute atomic E-state index is 0.0122. The second-order valence-corrected chi connectivity index (χ2v) is 11.5. The van der Waals surface area contributed by atoms with Gasteiger partial charge in [-0.15, -0.1) is 0 Å². The zero-order chi connectivity index (χ0) is 23.8. The van der Waals surface area contributed by atoms with Crippen LogP contribution in [0.1, 0.15) is 45.1 Å². The summed E-state index contributed by atoms with van der Waals surface area (Å²) < 4.78 is 3.46. The lowest BCUT2D eigenvalue weighted by atomic mass is 9.61. The fourth-order valence-electron chi connectivity index (χ4n) is 6.92. The third-order valence-electron chi connectivity index (χ3n) is 8.85. The van der Waals surface area contributed by atoms with Crippen molar-refractivity contribution in [3.8, 4) is 5.69 Å². The molecule has 4 heteroatoms. The Hall–Kier alpha value is -3.11. The summed E-state index contributed by atoms with van der Waals surface area (Å²) in [6, 6.07) is 28.7. The molecule has 1 aliphatic carbocycles. The quantitative estimate of drug-likeness (QED) is 0.231. The number of hydrogen-bond acceptors (Lipinski definition) is 2. The van der Waals surface area contributed by atoms with Gasteiger partial charge in [0.25, 0.3) is 0 Å². The van der Waals surface area contributed by atoms with Crippen molar-refractivity contribution in [3.63, 3.8) is 0 Å². The molecule has 3 heterocycles. The van der Waals surface area contributed by atoms with Gasteiger partial charge in [0.2, 0.25) is 0 Å². The Morgan fingerprint density at radius 2 is 1.60 bits per heavy atom. The Morgan fingerprint density at radius 3 is 2.49 bits per heavy atom. The molecule has 1 saturated carbocycles. The third kappa shape index (κ3) is 2.80. The van der Waals surface area contributed by atoms with E-state index in [9.17, 15) is 0 Å². The minimum atomic E-state index is 0.0122. The van der Waals surface area contributed by atoms with Crippen molar-refractivity contribution in [2.24, 2.45) is 0 Å². The van der Waals surface area contributed by atoms with Crippen LogP contribution in [0.3, 0.4) is 0 Å². The van der Waals surface area contributed by atoms with Crippen molar-refractivity contribution in [2.45, 2.75) is 50.5 Å². The predicted octanol–water partition coefficient (Wildman–Crippen LogP) is 8.68. The van der Waals surface area contributed by atoms with Gasteiger partial charge >= 0.3 is 0 Å². The first-order valence-electron chi connectivity index (χ1n) is 12.6. The Morgan fingerprint density at radius 1 is 0.771 bits per heavy atom. The van der Waals surface area contributed by atoms with Gasteiger partial charge in [0.05, 0.1) is 16.6 Å². The maximum absolute atomic E-state index is 4.95. The first-order valence-corrected chi connectivity index (χ1v) is 13.4. The van der Waals surface area contributed by atoms with Crippen LogP contribution in [0, 0.1) is 0 Å². The normalized spacial score (nSPS) is 23.6. The average molecular weight is 522 g/mol. The molecule has 3 aromatic carbocycles. The lowest BCUT2D eigenvalue weighted by Crippen LogP contribution is -2.54. The van der Waals surface area contributed by atoms with Gasteiger partial charge in [0.1, 0.15) is 5.82 Å². The Balaban J connectivity index is 1.49. The number of halogens is 1. The summed E-state index contributed by atoms with van der Waals surface area (Å²) in [7, 11) is 0. The van der Waals surface area contributed by atoms with E-state index >= 15 is 0 Å². The molecule has 0 bridgehead atoms. The van der Waals surface area contributed by atoms with Crippen LogP contribution >= 0.6 is 15.9 Å². The molecular formula is C31H28BrN3. The molecular weight excluding hydrogens is 494 g/mol. The number of anilines is 2. The van der Waals surface area contributed by atoms with Crippen LogP contribution in [-0.2, 0) is 5.41 Å². The number of para-hydroxylation sites is 1. The van der Waals surface area contributed by atoms with Gasteiger partial charge < -0.3 is 9.47 Å². The van der Waals surface area contributed by atoms with Crippen LogP contribution in [0.5, 0.6) is 0 Å². The summed E-state index contributed by atoms with van der Waals surface area (Å²) in [4.78, 5) is 7.51. The fourth-order valence-corrected chi connectivity index (χ4v) is 7.30. The molecule has 0 spiro atoms. The maximum Gasteiger partial charge on any atom is 0.137 e. The van der Waals surface area contributed by atoms with Crippen LogP contribution in [0.15, 0.2) is 89.5 Å². The smallest absolute Gasteiger partial charge is 0.137 e. The second kappa shape index (κ2) is 7.44. The number of pyridine rings is 1. The minimum Gasteiger partial charge on any atom is -0.319 e. The molecule has 1 fully saturated rings. The SMILES string of the molecule is CC12CCCCC1(C)N(c1ccc3c(c1)c1ccccc1n3-c1cccc(Br)c1)c1ncccc12. The van der Waals surface area contributed by atoms with Crippen molar-refractivity contribution in [2.75, 3.05) is 4.90 Å². The van der Waals surface area contributed by atoms with Crippen LogP contribution < -0.4 is 4.90 Å². The Kier molecular flexibility index (Phi) is 4.51. The average Bonchev–Trinajstić information content (AvgIpc) is 3.30. The van der Waals surface area contributed by atoms with Gasteiger partial charge in [-0.3, -0.25) is 0 Å². The number of fused-ring (bicyclic) bond motifs is 6. The molecule has 2 aromatic heterocycles. The highest BCUT2D eigenvalue weighted by molar-refractivity contribution is 9.10. The summed E-state index contributed by atoms with van der Waals surface area (Å²) in [6.07, 6.45) is 6.89. The van der Waals surface area contributed by atoms with Gasteiger partial charge in [-0.2, -0.15) is 0 Å². The van der Waals surface area contributed by atoms with E-state index < -0.39 is 0 Å². The van der Waals surface area contributed by atoms with Crippen molar-refractivity contribution in [1.29, 1.82) is 0 Å². The van der Waals surface area contributed by atoms with Crippen LogP contribution in [0.4, 0.5) is 11.5 Å². The lowest BCUT2D eigenvalue weighted by Gasteiger charge is -2.50. The van der Waals surface area contributed by atoms with Crippen LogP contribution in [0.2, 0.25) is 0 Å². The van der Waals surface area contributed by atoms with E-state index in [1.165, 1.54) is 64.4 Å². The number of benzene rings is 3. The summed E-state index contributed by atoms with van der Waals surface area (Å²) in [6.45, 7) is 4.92. The molecule has 174 valence electrons. The number of nitrogens with zero attached hydrogens (tertiary/aromatic N) is 3. The van der Waals surface area contributed by atoms with Crippen molar-refractivity contribution < 1.29 is 0 Å². The van der Waals surface area contributed by atoms with E-state index in [1.54, 1.807) is 0 Å². The first kappa shape index (κ1) is 21.2. The summed E-state index contributed by atoms with van der Waals surface area (Å²) in [5, 5.41) is 2.56. The molecule has 0 amide bonds. The van der Waals surface area contributed by atoms with Gasteiger partial charge in [-0.1, -0.05) is 66.0 Å². The van der Waals surface area contributed by atoms with E-state index in [2.05, 4.69) is 118 Å². The first-order chi connectivity index (χ1) is 17.0. The molecule has 7 rings (SSSR count). The molecule has 2 unspecified atom stereocenters. The molecule has 2 atom stereocenters. The van der Waals surface area contributed by atoms with E-state index in [0.29, 0.717) is 0 Å². The standard InChI is InChI=1S/C31H28BrN3/c1-30-16-5-6-17-31(30,2)35(29-26(30)12-8-18-33-29)23-14-15-28-25(20-23)24-11-3-4-13-27(24)34(28)22-10-7-9-21(32)19-22/h3-4,7-15,18-20H,5-6,16-17H2,1-2H3. The molecule has 0 N–H and O–H groups in total. The molecule has 1 aliphatic heterocycles. The highest BCUT2D eigenvalue weighted by Crippen LogP contribution is 2.60. The van der Waals surface area contributed by atoms with Gasteiger partial charge in [0.15, 0.2) is 0 Å². The topological polar surface area (TPSA) is 21.1 Å². The largest absolute Gasteiger partial charge is 0.319 e. The number of hydrogen-bond donors (Lipinski definition) is 0. The maximum atomic E-state index is 4.95. The van der Waals surface area contributed by atoms with Crippen molar-refractivity contribution >= 4 is 49.2 Å².